The van der Waals surface area contributed by atoms with E-state index >= 15 is 0 Å². The van der Waals surface area contributed by atoms with E-state index in [9.17, 15) is 13.6 Å². The van der Waals surface area contributed by atoms with E-state index in [0.717, 1.165) is 16.7 Å². The zero-order chi connectivity index (χ0) is 25.3. The van der Waals surface area contributed by atoms with Crippen LogP contribution in [-0.2, 0) is 6.54 Å². The first kappa shape index (κ1) is 23.8. The minimum Gasteiger partial charge on any atom is -0.475 e. The molecule has 1 aliphatic rings. The molecule has 0 bridgehead atoms. The maximum atomic E-state index is 13.6. The van der Waals surface area contributed by atoms with E-state index in [0.29, 0.717) is 35.6 Å². The van der Waals surface area contributed by atoms with Crippen LogP contribution in [0.3, 0.4) is 0 Å². The summed E-state index contributed by atoms with van der Waals surface area (Å²) in [4.78, 5) is 23.2. The fourth-order valence-electron chi connectivity index (χ4n) is 4.25. The minimum absolute atomic E-state index is 0.00316. The van der Waals surface area contributed by atoms with Gasteiger partial charge in [-0.1, -0.05) is 6.07 Å². The molecule has 186 valence electrons. The van der Waals surface area contributed by atoms with Gasteiger partial charge >= 0.3 is 0 Å². The third kappa shape index (κ3) is 5.33. The van der Waals surface area contributed by atoms with Crippen LogP contribution in [0.2, 0.25) is 0 Å². The number of carbonyl (C=O) groups excluding carboxylic acids is 1. The molecule has 4 heterocycles. The number of aromatic nitrogens is 4. The highest BCUT2D eigenvalue weighted by molar-refractivity contribution is 6.11. The number of likely N-dealkylation sites (tertiary alicyclic amines) is 1. The molecule has 0 aliphatic carbocycles. The zero-order valence-corrected chi connectivity index (χ0v) is 20.0. The number of carbonyl (C=O) groups is 1. The van der Waals surface area contributed by atoms with E-state index in [4.69, 9.17) is 4.74 Å². The van der Waals surface area contributed by atoms with Gasteiger partial charge in [0.25, 0.3) is 11.8 Å². The van der Waals surface area contributed by atoms with Gasteiger partial charge in [-0.15, -0.1) is 0 Å². The number of aromatic amines is 1. The highest BCUT2D eigenvalue weighted by Gasteiger charge is 2.37. The molecule has 0 spiro atoms. The Morgan fingerprint density at radius 2 is 2.03 bits per heavy atom. The molecule has 0 unspecified atom stereocenters. The topological polar surface area (TPSA) is 96.0 Å². The average Bonchev–Trinajstić information content (AvgIpc) is 3.42. The van der Waals surface area contributed by atoms with Gasteiger partial charge in [0.2, 0.25) is 5.88 Å². The number of halogens is 2. The summed E-state index contributed by atoms with van der Waals surface area (Å²) in [6.45, 7) is 4.36. The molecule has 0 saturated carbocycles. The van der Waals surface area contributed by atoms with Crippen LogP contribution < -0.4 is 10.1 Å². The van der Waals surface area contributed by atoms with Crippen LogP contribution in [0.5, 0.6) is 5.88 Å². The summed E-state index contributed by atoms with van der Waals surface area (Å²) >= 11 is 0. The van der Waals surface area contributed by atoms with Gasteiger partial charge in [0.05, 0.1) is 30.0 Å². The molecule has 0 atom stereocenters. The number of rotatable bonds is 7. The predicted molar refractivity (Wildman–Crippen MR) is 132 cm³/mol. The summed E-state index contributed by atoms with van der Waals surface area (Å²) < 4.78 is 32.6. The molecule has 1 fully saturated rings. The summed E-state index contributed by atoms with van der Waals surface area (Å²) in [6, 6.07) is 11.0. The lowest BCUT2D eigenvalue weighted by atomic mass is 10.0. The standard InChI is InChI=1S/C26H26F2N6O2/c1-16(2)36-23-6-4-20(13-30-23)31-25(35)24-21-10-18(3-5-22(21)32-33-24)19-9-17(11-29-12-19)14-34-8-7-26(27,28)15-34/h3-6,9-13,16H,7-8,14-15H2,1-2H3,(H,31,35)(H,32,33). The van der Waals surface area contributed by atoms with Crippen molar-refractivity contribution in [2.24, 2.45) is 0 Å². The highest BCUT2D eigenvalue weighted by atomic mass is 19.3. The number of ether oxygens (including phenoxy) is 1. The van der Waals surface area contributed by atoms with Crippen molar-refractivity contribution in [1.29, 1.82) is 0 Å². The Balaban J connectivity index is 1.34. The van der Waals surface area contributed by atoms with E-state index in [1.54, 1.807) is 29.4 Å². The van der Waals surface area contributed by atoms with Crippen LogP contribution >= 0.6 is 0 Å². The molecule has 5 rings (SSSR count). The lowest BCUT2D eigenvalue weighted by Crippen LogP contribution is -2.24. The van der Waals surface area contributed by atoms with Crippen molar-refractivity contribution in [2.45, 2.75) is 38.8 Å². The van der Waals surface area contributed by atoms with Crippen molar-refractivity contribution < 1.29 is 18.3 Å². The Kier molecular flexibility index (Phi) is 6.36. The first-order chi connectivity index (χ1) is 17.3. The summed E-state index contributed by atoms with van der Waals surface area (Å²) in [7, 11) is 0. The third-order valence-corrected chi connectivity index (χ3v) is 5.91. The van der Waals surface area contributed by atoms with Crippen LogP contribution in [0.15, 0.2) is 55.0 Å². The van der Waals surface area contributed by atoms with Crippen molar-refractivity contribution in [3.63, 3.8) is 0 Å². The van der Waals surface area contributed by atoms with Crippen molar-refractivity contribution >= 4 is 22.5 Å². The smallest absolute Gasteiger partial charge is 0.276 e. The number of amides is 1. The van der Waals surface area contributed by atoms with E-state index < -0.39 is 5.92 Å². The van der Waals surface area contributed by atoms with Crippen LogP contribution in [-0.4, -0.2) is 56.1 Å². The average molecular weight is 493 g/mol. The van der Waals surface area contributed by atoms with Crippen molar-refractivity contribution in [2.75, 3.05) is 18.4 Å². The number of pyridine rings is 2. The Morgan fingerprint density at radius 3 is 2.75 bits per heavy atom. The SMILES string of the molecule is CC(C)Oc1ccc(NC(=O)c2n[nH]c3ccc(-c4cncc(CN5CCC(F)(F)C5)c4)cc23)cn1. The highest BCUT2D eigenvalue weighted by Crippen LogP contribution is 2.29. The number of hydrogen-bond donors (Lipinski definition) is 2. The fraction of sp³-hybridized carbons (Fsp3) is 0.308. The molecular formula is C26H26F2N6O2. The Labute approximate surface area is 206 Å². The molecule has 1 saturated heterocycles. The fourth-order valence-corrected chi connectivity index (χ4v) is 4.25. The van der Waals surface area contributed by atoms with Gasteiger partial charge in [-0.3, -0.25) is 19.8 Å². The second-order valence-electron chi connectivity index (χ2n) is 9.24. The maximum absolute atomic E-state index is 13.6. The van der Waals surface area contributed by atoms with E-state index in [1.165, 1.54) is 6.20 Å². The van der Waals surface area contributed by atoms with Gasteiger partial charge in [0.1, 0.15) is 0 Å². The summed E-state index contributed by atoms with van der Waals surface area (Å²) in [5, 5.41) is 10.6. The Morgan fingerprint density at radius 1 is 1.17 bits per heavy atom. The monoisotopic (exact) mass is 492 g/mol. The molecule has 1 aliphatic heterocycles. The molecule has 1 amide bonds. The molecule has 4 aromatic rings. The second kappa shape index (κ2) is 9.62. The second-order valence-corrected chi connectivity index (χ2v) is 9.24. The van der Waals surface area contributed by atoms with Gasteiger partial charge in [-0.2, -0.15) is 5.10 Å². The normalized spacial score (nSPS) is 15.5. The number of nitrogens with zero attached hydrogens (tertiary/aromatic N) is 4. The Hall–Kier alpha value is -3.92. The van der Waals surface area contributed by atoms with Crippen LogP contribution in [0, 0.1) is 0 Å². The first-order valence-corrected chi connectivity index (χ1v) is 11.7. The number of H-pyrrole nitrogens is 1. The molecule has 36 heavy (non-hydrogen) atoms. The quantitative estimate of drug-likeness (QED) is 0.381. The van der Waals surface area contributed by atoms with Gasteiger partial charge in [0, 0.05) is 48.9 Å². The number of anilines is 1. The number of alkyl halides is 2. The molecule has 0 radical (unpaired) electrons. The lowest BCUT2D eigenvalue weighted by Gasteiger charge is -2.15. The summed E-state index contributed by atoms with van der Waals surface area (Å²) in [5.41, 5.74) is 4.01. The van der Waals surface area contributed by atoms with Crippen LogP contribution in [0.25, 0.3) is 22.0 Å². The van der Waals surface area contributed by atoms with E-state index in [2.05, 4.69) is 25.5 Å². The number of nitrogens with one attached hydrogen (secondary N) is 2. The van der Waals surface area contributed by atoms with Gasteiger partial charge < -0.3 is 10.1 Å². The van der Waals surface area contributed by atoms with E-state index in [-0.39, 0.29) is 30.7 Å². The van der Waals surface area contributed by atoms with Crippen molar-refractivity contribution in [1.82, 2.24) is 25.1 Å². The van der Waals surface area contributed by atoms with Gasteiger partial charge in [0.15, 0.2) is 5.69 Å². The number of benzene rings is 1. The third-order valence-electron chi connectivity index (χ3n) is 5.91. The molecule has 8 nitrogen and oxygen atoms in total. The number of hydrogen-bond acceptors (Lipinski definition) is 6. The molecule has 2 N–H and O–H groups in total. The first-order valence-electron chi connectivity index (χ1n) is 11.7. The summed E-state index contributed by atoms with van der Waals surface area (Å²) in [6.07, 6.45) is 4.83. The van der Waals surface area contributed by atoms with Crippen LogP contribution in [0.1, 0.15) is 36.3 Å². The summed E-state index contributed by atoms with van der Waals surface area (Å²) in [5.74, 6) is -2.53. The maximum Gasteiger partial charge on any atom is 0.276 e. The van der Waals surface area contributed by atoms with Gasteiger partial charge in [-0.25, -0.2) is 13.8 Å². The Bertz CT molecular complexity index is 1390. The van der Waals surface area contributed by atoms with Gasteiger partial charge in [-0.05, 0) is 49.2 Å². The molecule has 1 aromatic carbocycles. The molecule has 3 aromatic heterocycles. The largest absolute Gasteiger partial charge is 0.475 e. The van der Waals surface area contributed by atoms with Crippen molar-refractivity contribution in [3.05, 3.63) is 66.2 Å². The lowest BCUT2D eigenvalue weighted by molar-refractivity contribution is 0.0115. The minimum atomic E-state index is -2.63. The van der Waals surface area contributed by atoms with Crippen molar-refractivity contribution in [3.8, 4) is 17.0 Å². The number of fused-ring (bicyclic) bond motifs is 1. The van der Waals surface area contributed by atoms with Crippen LogP contribution in [0.4, 0.5) is 14.5 Å². The molecular weight excluding hydrogens is 466 g/mol. The van der Waals surface area contributed by atoms with E-state index in [1.807, 2.05) is 38.1 Å². The zero-order valence-electron chi connectivity index (χ0n) is 20.0. The predicted octanol–water partition coefficient (Wildman–Crippen LogP) is 4.90. The molecule has 10 heteroatoms.